The van der Waals surface area contributed by atoms with Gasteiger partial charge in [-0.05, 0) is 31.4 Å². The van der Waals surface area contributed by atoms with E-state index in [1.54, 1.807) is 46.6 Å². The first-order valence-electron chi connectivity index (χ1n) is 12.6. The molecule has 0 radical (unpaired) electrons. The van der Waals surface area contributed by atoms with Crippen LogP contribution in [0.15, 0.2) is 67.8 Å². The second-order valence-corrected chi connectivity index (χ2v) is 9.62. The maximum atomic E-state index is 14.8. The van der Waals surface area contributed by atoms with Crippen molar-refractivity contribution in [3.05, 3.63) is 78.6 Å². The lowest BCUT2D eigenvalue weighted by atomic mass is 10.00. The van der Waals surface area contributed by atoms with Gasteiger partial charge in [-0.15, -0.1) is 0 Å². The van der Waals surface area contributed by atoms with Gasteiger partial charge in [-0.3, -0.25) is 4.79 Å². The quantitative estimate of drug-likeness (QED) is 0.284. The highest BCUT2D eigenvalue weighted by atomic mass is 35.5. The van der Waals surface area contributed by atoms with Crippen LogP contribution in [0.5, 0.6) is 0 Å². The lowest BCUT2D eigenvalue weighted by Gasteiger charge is -2.30. The summed E-state index contributed by atoms with van der Waals surface area (Å²) in [4.78, 5) is 34.8. The van der Waals surface area contributed by atoms with Crippen molar-refractivity contribution in [3.63, 3.8) is 0 Å². The minimum Gasteiger partial charge on any atom is -0.365 e. The number of hydrogen-bond acceptors (Lipinski definition) is 6. The van der Waals surface area contributed by atoms with Gasteiger partial charge in [-0.25, -0.2) is 24.3 Å². The predicted molar refractivity (Wildman–Crippen MR) is 145 cm³/mol. The molecule has 0 saturated heterocycles. The van der Waals surface area contributed by atoms with Gasteiger partial charge in [0.25, 0.3) is 0 Å². The van der Waals surface area contributed by atoms with E-state index in [1.807, 2.05) is 24.4 Å². The van der Waals surface area contributed by atoms with Crippen molar-refractivity contribution in [2.45, 2.75) is 51.2 Å². The molecule has 5 heterocycles. The van der Waals surface area contributed by atoms with Gasteiger partial charge in [0.2, 0.25) is 5.91 Å². The fourth-order valence-corrected chi connectivity index (χ4v) is 4.78. The average Bonchev–Trinajstić information content (AvgIpc) is 3.58. The highest BCUT2D eigenvalue weighted by molar-refractivity contribution is 6.31. The summed E-state index contributed by atoms with van der Waals surface area (Å²) < 4.78 is 16.6. The maximum Gasteiger partial charge on any atom is 0.247 e. The van der Waals surface area contributed by atoms with Crippen LogP contribution in [-0.2, 0) is 11.3 Å². The third-order valence-electron chi connectivity index (χ3n) is 6.48. The monoisotopic (exact) mass is 534 g/mol. The summed E-state index contributed by atoms with van der Waals surface area (Å²) in [6.07, 6.45) is 20.3. The molecule has 2 atom stereocenters. The Hall–Kier alpha value is -4.05. The number of H-pyrrole nitrogens is 1. The van der Waals surface area contributed by atoms with Crippen LogP contribution in [-0.4, -0.2) is 52.4 Å². The van der Waals surface area contributed by atoms with Crippen molar-refractivity contribution in [2.24, 2.45) is 0 Å². The van der Waals surface area contributed by atoms with Crippen LogP contribution in [0.25, 0.3) is 22.4 Å². The summed E-state index contributed by atoms with van der Waals surface area (Å²) in [6, 6.07) is 1.65. The lowest BCUT2D eigenvalue weighted by Crippen LogP contribution is -2.39. The minimum atomic E-state index is -0.525. The van der Waals surface area contributed by atoms with Gasteiger partial charge >= 0.3 is 0 Å². The largest absolute Gasteiger partial charge is 0.365 e. The molecule has 4 aromatic rings. The number of aromatic amines is 1. The summed E-state index contributed by atoms with van der Waals surface area (Å²) in [7, 11) is 0. The zero-order valence-electron chi connectivity index (χ0n) is 20.9. The molecular formula is C27H28ClFN8O. The number of carbonyl (C=O) groups excluding carboxylic acids is 1. The first kappa shape index (κ1) is 25.6. The summed E-state index contributed by atoms with van der Waals surface area (Å²) in [5, 5.41) is 4.55. The Morgan fingerprint density at radius 1 is 1.26 bits per heavy atom. The number of allylic oxidation sites excluding steroid dienone is 2. The second-order valence-electron chi connectivity index (χ2n) is 9.18. The first-order valence-corrected chi connectivity index (χ1v) is 12.9. The molecule has 0 fully saturated rings. The SMILES string of the molecule is CCCC(CC[C@H]1C=CC=CN1C(=O)Cn1ccnc1)Nc1nc(-c2c[nH]c3ncc(Cl)cc23)ncc1F. The lowest BCUT2D eigenvalue weighted by molar-refractivity contribution is -0.130. The summed E-state index contributed by atoms with van der Waals surface area (Å²) in [5.41, 5.74) is 1.34. The molecule has 1 aliphatic heterocycles. The molecule has 1 aliphatic rings. The van der Waals surface area contributed by atoms with Crippen LogP contribution < -0.4 is 5.32 Å². The van der Waals surface area contributed by atoms with E-state index in [1.165, 1.54) is 6.20 Å². The Morgan fingerprint density at radius 3 is 2.97 bits per heavy atom. The van der Waals surface area contributed by atoms with Gasteiger partial charge in [-0.2, -0.15) is 0 Å². The molecule has 0 spiro atoms. The van der Waals surface area contributed by atoms with Crippen molar-refractivity contribution < 1.29 is 9.18 Å². The maximum absolute atomic E-state index is 14.8. The molecule has 38 heavy (non-hydrogen) atoms. The van der Waals surface area contributed by atoms with Crippen LogP contribution in [0.3, 0.4) is 0 Å². The van der Waals surface area contributed by atoms with E-state index in [9.17, 15) is 9.18 Å². The Balaban J connectivity index is 1.30. The smallest absolute Gasteiger partial charge is 0.247 e. The van der Waals surface area contributed by atoms with Gasteiger partial charge in [0.1, 0.15) is 12.2 Å². The number of hydrogen-bond donors (Lipinski definition) is 2. The molecule has 0 saturated carbocycles. The zero-order chi connectivity index (χ0) is 26.5. The summed E-state index contributed by atoms with van der Waals surface area (Å²) >= 11 is 6.13. The molecular weight excluding hydrogens is 507 g/mol. The Morgan fingerprint density at radius 2 is 2.16 bits per heavy atom. The van der Waals surface area contributed by atoms with Crippen LogP contribution >= 0.6 is 11.6 Å². The third-order valence-corrected chi connectivity index (χ3v) is 6.69. The molecule has 196 valence electrons. The van der Waals surface area contributed by atoms with Gasteiger partial charge in [0.15, 0.2) is 17.5 Å². The van der Waals surface area contributed by atoms with Crippen molar-refractivity contribution >= 4 is 34.4 Å². The third kappa shape index (κ3) is 5.75. The minimum absolute atomic E-state index is 0.0200. The molecule has 0 bridgehead atoms. The molecule has 0 aromatic carbocycles. The van der Waals surface area contributed by atoms with E-state index in [0.29, 0.717) is 28.5 Å². The highest BCUT2D eigenvalue weighted by Gasteiger charge is 2.23. The van der Waals surface area contributed by atoms with Crippen LogP contribution in [0, 0.1) is 5.82 Å². The molecule has 11 heteroatoms. The number of anilines is 1. The number of nitrogens with one attached hydrogen (secondary N) is 2. The van der Waals surface area contributed by atoms with Crippen LogP contribution in [0.1, 0.15) is 32.6 Å². The van der Waals surface area contributed by atoms with Crippen molar-refractivity contribution in [1.82, 2.24) is 34.4 Å². The number of aromatic nitrogens is 6. The molecule has 4 aromatic heterocycles. The Bertz CT molecular complexity index is 1470. The molecule has 1 amide bonds. The van der Waals surface area contributed by atoms with Crippen molar-refractivity contribution in [1.29, 1.82) is 0 Å². The van der Waals surface area contributed by atoms with E-state index in [2.05, 4.69) is 37.2 Å². The molecule has 0 aliphatic carbocycles. The fourth-order valence-electron chi connectivity index (χ4n) is 4.62. The Kier molecular flexibility index (Phi) is 7.78. The highest BCUT2D eigenvalue weighted by Crippen LogP contribution is 2.29. The summed E-state index contributed by atoms with van der Waals surface area (Å²) in [6.45, 7) is 2.30. The van der Waals surface area contributed by atoms with Crippen LogP contribution in [0.4, 0.5) is 10.2 Å². The van der Waals surface area contributed by atoms with Crippen molar-refractivity contribution in [2.75, 3.05) is 5.32 Å². The number of amides is 1. The predicted octanol–water partition coefficient (Wildman–Crippen LogP) is 5.35. The number of carbonyl (C=O) groups is 1. The van der Waals surface area contributed by atoms with Gasteiger partial charge in [0.05, 0.1) is 23.6 Å². The fraction of sp³-hybridized carbons (Fsp3) is 0.296. The molecule has 9 nitrogen and oxygen atoms in total. The topological polar surface area (TPSA) is 105 Å². The number of rotatable bonds is 10. The molecule has 5 rings (SSSR count). The normalized spacial score (nSPS) is 15.8. The van der Waals surface area contributed by atoms with Gasteiger partial charge in [0, 0.05) is 48.0 Å². The number of fused-ring (bicyclic) bond motifs is 1. The van der Waals surface area contributed by atoms with E-state index in [0.717, 1.165) is 24.6 Å². The average molecular weight is 535 g/mol. The number of imidazole rings is 1. The Labute approximate surface area is 224 Å². The van der Waals surface area contributed by atoms with Crippen LogP contribution in [0.2, 0.25) is 5.02 Å². The standard InChI is InChI=1S/C27H28ClFN8O/c1-2-5-19(7-8-20-6-3-4-10-37(20)24(38)16-36-11-9-30-17-36)34-27-23(29)15-33-26(35-27)22-14-32-25-21(22)12-18(28)13-31-25/h3-4,6,9-15,17,19-20H,2,5,7-8,16H2,1H3,(H,31,32)(H,33,34,35)/t19?,20-/m1/s1. The van der Waals surface area contributed by atoms with E-state index in [4.69, 9.17) is 11.6 Å². The number of nitrogens with zero attached hydrogens (tertiary/aromatic N) is 6. The zero-order valence-corrected chi connectivity index (χ0v) is 21.6. The van der Waals surface area contributed by atoms with Crippen molar-refractivity contribution in [3.8, 4) is 11.4 Å². The van der Waals surface area contributed by atoms with Gasteiger partial charge in [-0.1, -0.05) is 37.1 Å². The van der Waals surface area contributed by atoms with Gasteiger partial charge < -0.3 is 19.8 Å². The summed E-state index contributed by atoms with van der Waals surface area (Å²) in [5.74, 6) is -0.0297. The second kappa shape index (κ2) is 11.6. The first-order chi connectivity index (χ1) is 18.5. The molecule has 2 N–H and O–H groups in total. The van der Waals surface area contributed by atoms with E-state index in [-0.39, 0.29) is 30.4 Å². The van der Waals surface area contributed by atoms with E-state index >= 15 is 0 Å². The number of halogens is 2. The number of pyridine rings is 1. The molecule has 1 unspecified atom stereocenters. The van der Waals surface area contributed by atoms with E-state index < -0.39 is 5.82 Å².